The Bertz CT molecular complexity index is 3140. The highest BCUT2D eigenvalue weighted by atomic mass is 15.0. The minimum Gasteiger partial charge on any atom is -0.233 e. The van der Waals surface area contributed by atoms with Crippen LogP contribution in [0.25, 0.3) is 73.2 Å². The number of nitrogens with zero attached hydrogens (tertiary/aromatic N) is 6. The highest BCUT2D eigenvalue weighted by Gasteiger charge is 2.20. The van der Waals surface area contributed by atoms with E-state index in [1.54, 1.807) is 6.08 Å². The Kier molecular flexibility index (Phi) is 12.9. The lowest BCUT2D eigenvalue weighted by Crippen LogP contribution is -2.05. The van der Waals surface area contributed by atoms with Crippen LogP contribution in [0, 0.1) is 23.7 Å². The molecule has 1 heterocycles. The van der Waals surface area contributed by atoms with Crippen LogP contribution in [0.5, 0.6) is 0 Å². The quantitative estimate of drug-likeness (QED) is 0.0562. The number of hydrogen-bond donors (Lipinski definition) is 0. The van der Waals surface area contributed by atoms with Crippen LogP contribution in [0.2, 0.25) is 0 Å². The van der Waals surface area contributed by atoms with Crippen molar-refractivity contribution in [3.05, 3.63) is 229 Å². The van der Waals surface area contributed by atoms with Crippen molar-refractivity contribution in [2.24, 2.45) is 9.98 Å². The second-order valence-corrected chi connectivity index (χ2v) is 14.8. The molecule has 304 valence electrons. The molecule has 7 aromatic carbocycles. The van der Waals surface area contributed by atoms with E-state index < -0.39 is 0 Å². The average molecular weight is 823 g/mol. The van der Waals surface area contributed by atoms with Gasteiger partial charge in [0.25, 0.3) is 0 Å². The number of nitriles is 1. The molecule has 6 heteroatoms. The van der Waals surface area contributed by atoms with Gasteiger partial charge in [0, 0.05) is 33.5 Å². The third kappa shape index (κ3) is 9.38. The number of benzene rings is 7. The molecule has 0 unspecified atom stereocenters. The Morgan fingerprint density at radius 3 is 1.72 bits per heavy atom. The van der Waals surface area contributed by atoms with Crippen LogP contribution in [0.1, 0.15) is 30.5 Å². The fourth-order valence-electron chi connectivity index (χ4n) is 7.48. The van der Waals surface area contributed by atoms with E-state index in [2.05, 4.69) is 55.0 Å². The Labute approximate surface area is 374 Å². The maximum Gasteiger partial charge on any atom is 0.164 e. The molecule has 0 aliphatic rings. The number of aromatic nitrogens is 3. The third-order valence-electron chi connectivity index (χ3n) is 10.7. The van der Waals surface area contributed by atoms with Crippen LogP contribution in [0.4, 0.5) is 0 Å². The molecule has 64 heavy (non-hydrogen) atoms. The molecule has 0 bridgehead atoms. The Balaban J connectivity index is 1.24. The molecule has 8 rings (SSSR count). The lowest BCUT2D eigenvalue weighted by molar-refractivity contribution is 1.07. The maximum atomic E-state index is 10.6. The topological polar surface area (TPSA) is 87.2 Å². The zero-order valence-electron chi connectivity index (χ0n) is 35.5. The standard InChI is InChI=1S/C58H42N6/c1-5-7-22-42(6-2)40(3)60-57(61-41(4)43-23-11-8-12-24-43)49-32-20-30-47(38-49)46-29-19-31-48(37-46)54-50(39-59)33-21-36-52(54)51-34-17-18-35-53(51)58-63-55(44-25-13-9-14-26-44)62-56(64-58)45-27-15-10-16-28-45/h1,6-38H,4H2,2-3H3/b22-7-,42-6+,60-40+,61-57-. The summed E-state index contributed by atoms with van der Waals surface area (Å²) in [6.07, 6.45) is 11.0. The molecule has 1 aromatic heterocycles. The van der Waals surface area contributed by atoms with Gasteiger partial charge in [-0.1, -0.05) is 182 Å². The summed E-state index contributed by atoms with van der Waals surface area (Å²) in [5.74, 6) is 4.75. The Hall–Kier alpha value is -8.84. The molecule has 0 aliphatic carbocycles. The number of hydrogen-bond acceptors (Lipinski definition) is 5. The SMILES string of the molecule is C#C\C=C/C(=C\C)C(/C)=N/C(=N\C(=C)c1ccccc1)c1cccc(-c2cccc(-c3c(C#N)cccc3-c3ccccc3-c3nc(-c4ccccc4)nc(-c4ccccc4)n3)c2)c1. The average Bonchev–Trinajstić information content (AvgIpc) is 3.36. The van der Waals surface area contributed by atoms with Gasteiger partial charge in [0.2, 0.25) is 0 Å². The number of allylic oxidation sites excluding steroid dienone is 4. The van der Waals surface area contributed by atoms with E-state index in [-0.39, 0.29) is 0 Å². The van der Waals surface area contributed by atoms with Crippen LogP contribution >= 0.6 is 0 Å². The number of amidine groups is 1. The van der Waals surface area contributed by atoms with Gasteiger partial charge in [0.05, 0.1) is 17.3 Å². The van der Waals surface area contributed by atoms with Gasteiger partial charge in [-0.05, 0) is 83.2 Å². The summed E-state index contributed by atoms with van der Waals surface area (Å²) in [7, 11) is 0. The molecule has 0 fully saturated rings. The summed E-state index contributed by atoms with van der Waals surface area (Å²) in [4.78, 5) is 25.1. The molecule has 0 N–H and O–H groups in total. The van der Waals surface area contributed by atoms with Gasteiger partial charge in [-0.3, -0.25) is 0 Å². The molecule has 0 amide bonds. The largest absolute Gasteiger partial charge is 0.233 e. The molecule has 0 saturated heterocycles. The highest BCUT2D eigenvalue weighted by molar-refractivity contribution is 6.13. The van der Waals surface area contributed by atoms with Crippen LogP contribution in [0.15, 0.2) is 222 Å². The summed E-state index contributed by atoms with van der Waals surface area (Å²) in [5.41, 5.74) is 12.4. The summed E-state index contributed by atoms with van der Waals surface area (Å²) in [6.45, 7) is 8.19. The molecule has 0 saturated carbocycles. The lowest BCUT2D eigenvalue weighted by Gasteiger charge is -2.17. The zero-order chi connectivity index (χ0) is 44.3. The predicted octanol–water partition coefficient (Wildman–Crippen LogP) is 13.8. The number of rotatable bonds is 11. The summed E-state index contributed by atoms with van der Waals surface area (Å²) >= 11 is 0. The van der Waals surface area contributed by atoms with Crippen molar-refractivity contribution in [3.8, 4) is 86.0 Å². The first-order chi connectivity index (χ1) is 31.4. The van der Waals surface area contributed by atoms with Crippen LogP contribution in [-0.4, -0.2) is 26.5 Å². The van der Waals surface area contributed by atoms with Crippen LogP contribution in [-0.2, 0) is 0 Å². The third-order valence-corrected chi connectivity index (χ3v) is 10.7. The van der Waals surface area contributed by atoms with Crippen molar-refractivity contribution in [3.63, 3.8) is 0 Å². The first-order valence-corrected chi connectivity index (χ1v) is 20.8. The molecule has 6 nitrogen and oxygen atoms in total. The van der Waals surface area contributed by atoms with Gasteiger partial charge in [0.15, 0.2) is 23.3 Å². The molecule has 0 radical (unpaired) electrons. The fourth-order valence-corrected chi connectivity index (χ4v) is 7.48. The molecular weight excluding hydrogens is 781 g/mol. The second kappa shape index (κ2) is 19.7. The van der Waals surface area contributed by atoms with Crippen molar-refractivity contribution in [1.29, 1.82) is 5.26 Å². The Morgan fingerprint density at radius 2 is 1.08 bits per heavy atom. The van der Waals surface area contributed by atoms with Gasteiger partial charge < -0.3 is 0 Å². The van der Waals surface area contributed by atoms with Gasteiger partial charge in [-0.15, -0.1) is 6.42 Å². The van der Waals surface area contributed by atoms with Gasteiger partial charge in [-0.2, -0.15) is 5.26 Å². The van der Waals surface area contributed by atoms with Crippen molar-refractivity contribution < 1.29 is 0 Å². The summed E-state index contributed by atoms with van der Waals surface area (Å²) in [6, 6.07) is 62.5. The minimum atomic E-state index is 0.510. The second-order valence-electron chi connectivity index (χ2n) is 14.8. The van der Waals surface area contributed by atoms with Gasteiger partial charge in [0.1, 0.15) is 0 Å². The van der Waals surface area contributed by atoms with Gasteiger partial charge >= 0.3 is 0 Å². The summed E-state index contributed by atoms with van der Waals surface area (Å²) < 4.78 is 0. The fraction of sp³-hybridized carbons (Fsp3) is 0.0345. The molecule has 8 aromatic rings. The zero-order valence-corrected chi connectivity index (χ0v) is 35.5. The van der Waals surface area contributed by atoms with Crippen molar-refractivity contribution in [2.45, 2.75) is 13.8 Å². The predicted molar refractivity (Wildman–Crippen MR) is 264 cm³/mol. The van der Waals surface area contributed by atoms with E-state index in [4.69, 9.17) is 31.4 Å². The monoisotopic (exact) mass is 822 g/mol. The minimum absolute atomic E-state index is 0.510. The first-order valence-electron chi connectivity index (χ1n) is 20.8. The van der Waals surface area contributed by atoms with E-state index in [0.717, 1.165) is 72.5 Å². The first kappa shape index (κ1) is 41.9. The van der Waals surface area contributed by atoms with E-state index >= 15 is 0 Å². The highest BCUT2D eigenvalue weighted by Crippen LogP contribution is 2.41. The van der Waals surface area contributed by atoms with E-state index in [1.165, 1.54) is 0 Å². The molecule has 0 aliphatic heterocycles. The maximum absolute atomic E-state index is 10.6. The van der Waals surface area contributed by atoms with E-state index in [9.17, 15) is 5.26 Å². The van der Waals surface area contributed by atoms with Crippen LogP contribution < -0.4 is 0 Å². The normalized spacial score (nSPS) is 11.8. The number of aliphatic imine (C=N–C) groups is 2. The smallest absolute Gasteiger partial charge is 0.164 e. The van der Waals surface area contributed by atoms with Crippen molar-refractivity contribution in [1.82, 2.24) is 15.0 Å². The lowest BCUT2D eigenvalue weighted by atomic mass is 9.87. The van der Waals surface area contributed by atoms with E-state index in [0.29, 0.717) is 34.6 Å². The molecule has 0 spiro atoms. The van der Waals surface area contributed by atoms with Crippen molar-refractivity contribution in [2.75, 3.05) is 0 Å². The van der Waals surface area contributed by atoms with Gasteiger partial charge in [-0.25, -0.2) is 24.9 Å². The number of terminal acetylenes is 1. The molecule has 0 atom stereocenters. The Morgan fingerprint density at radius 1 is 0.562 bits per heavy atom. The van der Waals surface area contributed by atoms with Crippen LogP contribution in [0.3, 0.4) is 0 Å². The molecular formula is C58H42N6. The summed E-state index contributed by atoms with van der Waals surface area (Å²) in [5, 5.41) is 10.6. The van der Waals surface area contributed by atoms with Crippen molar-refractivity contribution >= 4 is 17.2 Å². The van der Waals surface area contributed by atoms with E-state index in [1.807, 2.05) is 172 Å².